The van der Waals surface area contributed by atoms with E-state index in [0.717, 1.165) is 28.5 Å². The molecule has 0 saturated carbocycles. The maximum Gasteiger partial charge on any atom is 0.337 e. The van der Waals surface area contributed by atoms with Gasteiger partial charge in [-0.25, -0.2) is 4.79 Å². The Hall–Kier alpha value is -3.61. The normalized spacial score (nSPS) is 10.6. The second-order valence-corrected chi connectivity index (χ2v) is 6.84. The third-order valence-corrected chi connectivity index (χ3v) is 4.73. The van der Waals surface area contributed by atoms with Gasteiger partial charge in [-0.05, 0) is 42.2 Å². The molecule has 2 N–H and O–H groups in total. The zero-order chi connectivity index (χ0) is 21.3. The second-order valence-electron chi connectivity index (χ2n) is 6.84. The number of rotatable bonds is 9. The number of nitrogens with one attached hydrogen (secondary N) is 2. The molecule has 0 radical (unpaired) electrons. The lowest BCUT2D eigenvalue weighted by Crippen LogP contribution is -2.28. The fourth-order valence-electron chi connectivity index (χ4n) is 3.11. The van der Waals surface area contributed by atoms with Crippen LogP contribution < -0.4 is 5.32 Å². The lowest BCUT2D eigenvalue weighted by atomic mass is 10.1. The van der Waals surface area contributed by atoms with E-state index in [9.17, 15) is 14.4 Å². The predicted octanol–water partition coefficient (Wildman–Crippen LogP) is 3.14. The van der Waals surface area contributed by atoms with Crippen LogP contribution in [0.25, 0.3) is 10.9 Å². The third kappa shape index (κ3) is 5.70. The van der Waals surface area contributed by atoms with Gasteiger partial charge in [0, 0.05) is 30.1 Å². The van der Waals surface area contributed by atoms with E-state index in [-0.39, 0.29) is 25.5 Å². The number of benzene rings is 2. The first kappa shape index (κ1) is 21.1. The van der Waals surface area contributed by atoms with E-state index in [4.69, 9.17) is 4.74 Å². The number of H-pyrrole nitrogens is 1. The number of methoxy groups -OCH3 is 1. The SMILES string of the molecule is COC(=O)c1ccc(CNC(=O)COC(=O)CCCc2c[nH]c3ccccc23)cc1. The molecule has 0 atom stereocenters. The molecule has 0 aliphatic carbocycles. The summed E-state index contributed by atoms with van der Waals surface area (Å²) in [5.41, 5.74) is 3.50. The monoisotopic (exact) mass is 408 g/mol. The zero-order valence-electron chi connectivity index (χ0n) is 16.8. The van der Waals surface area contributed by atoms with Gasteiger partial charge in [0.1, 0.15) is 0 Å². The molecule has 7 heteroatoms. The summed E-state index contributed by atoms with van der Waals surface area (Å²) in [5, 5.41) is 3.84. The largest absolute Gasteiger partial charge is 0.465 e. The van der Waals surface area contributed by atoms with E-state index in [0.29, 0.717) is 12.0 Å². The molecule has 7 nitrogen and oxygen atoms in total. The Morgan fingerprint density at radius 2 is 1.80 bits per heavy atom. The Bertz CT molecular complexity index is 1020. The Morgan fingerprint density at radius 3 is 2.57 bits per heavy atom. The second kappa shape index (κ2) is 10.2. The van der Waals surface area contributed by atoms with Gasteiger partial charge in [-0.2, -0.15) is 0 Å². The summed E-state index contributed by atoms with van der Waals surface area (Å²) in [5.74, 6) is -1.19. The van der Waals surface area contributed by atoms with Crippen LogP contribution in [0.1, 0.15) is 34.3 Å². The average Bonchev–Trinajstić information content (AvgIpc) is 3.19. The number of para-hydroxylation sites is 1. The highest BCUT2D eigenvalue weighted by molar-refractivity contribution is 5.89. The van der Waals surface area contributed by atoms with Crippen LogP contribution in [0.15, 0.2) is 54.7 Å². The van der Waals surface area contributed by atoms with Gasteiger partial charge in [0.2, 0.25) is 0 Å². The molecule has 156 valence electrons. The zero-order valence-corrected chi connectivity index (χ0v) is 16.8. The summed E-state index contributed by atoms with van der Waals surface area (Å²) in [6.07, 6.45) is 3.62. The van der Waals surface area contributed by atoms with E-state index >= 15 is 0 Å². The molecule has 1 amide bonds. The van der Waals surface area contributed by atoms with Gasteiger partial charge < -0.3 is 19.8 Å². The molecule has 0 aliphatic heterocycles. The number of aromatic amines is 1. The van der Waals surface area contributed by atoms with Crippen LogP contribution in [0.2, 0.25) is 0 Å². The van der Waals surface area contributed by atoms with Crippen molar-refractivity contribution in [2.24, 2.45) is 0 Å². The van der Waals surface area contributed by atoms with E-state index in [2.05, 4.69) is 15.0 Å². The van der Waals surface area contributed by atoms with Crippen LogP contribution in [0.4, 0.5) is 0 Å². The maximum absolute atomic E-state index is 11.9. The fraction of sp³-hybridized carbons (Fsp3) is 0.261. The number of carbonyl (C=O) groups excluding carboxylic acids is 3. The number of ether oxygens (including phenoxy) is 2. The minimum Gasteiger partial charge on any atom is -0.465 e. The molecule has 0 saturated heterocycles. The van der Waals surface area contributed by atoms with E-state index in [1.54, 1.807) is 24.3 Å². The summed E-state index contributed by atoms with van der Waals surface area (Å²) in [6.45, 7) is -0.0371. The summed E-state index contributed by atoms with van der Waals surface area (Å²) in [6, 6.07) is 14.7. The molecule has 1 heterocycles. The van der Waals surface area contributed by atoms with E-state index in [1.165, 1.54) is 7.11 Å². The molecule has 0 bridgehead atoms. The van der Waals surface area contributed by atoms with Crippen LogP contribution in [0.3, 0.4) is 0 Å². The van der Waals surface area contributed by atoms with Crippen molar-refractivity contribution in [2.45, 2.75) is 25.8 Å². The van der Waals surface area contributed by atoms with Crippen molar-refractivity contribution < 1.29 is 23.9 Å². The highest BCUT2D eigenvalue weighted by atomic mass is 16.5. The first-order chi connectivity index (χ1) is 14.6. The van der Waals surface area contributed by atoms with Gasteiger partial charge in [0.05, 0.1) is 12.7 Å². The smallest absolute Gasteiger partial charge is 0.337 e. The number of amides is 1. The standard InChI is InChI=1S/C23H24N2O5/c1-29-23(28)17-11-9-16(10-12-17)13-25-21(26)15-30-22(27)8-4-5-18-14-24-20-7-3-2-6-19(18)20/h2-3,6-7,9-12,14,24H,4-5,8,13,15H2,1H3,(H,25,26). The van der Waals surface area contributed by atoms with Gasteiger partial charge in [-0.15, -0.1) is 0 Å². The molecule has 3 rings (SSSR count). The molecule has 0 spiro atoms. The Morgan fingerprint density at radius 1 is 1.03 bits per heavy atom. The fourth-order valence-corrected chi connectivity index (χ4v) is 3.11. The molecule has 0 unspecified atom stereocenters. The molecular formula is C23H24N2O5. The predicted molar refractivity (Wildman–Crippen MR) is 112 cm³/mol. The van der Waals surface area contributed by atoms with Gasteiger partial charge in [-0.3, -0.25) is 9.59 Å². The number of hydrogen-bond acceptors (Lipinski definition) is 5. The number of aryl methyl sites for hydroxylation is 1. The van der Waals surface area contributed by atoms with Crippen molar-refractivity contribution in [3.8, 4) is 0 Å². The number of fused-ring (bicyclic) bond motifs is 1. The van der Waals surface area contributed by atoms with Crippen LogP contribution in [0, 0.1) is 0 Å². The Kier molecular flexibility index (Phi) is 7.21. The number of carbonyl (C=O) groups is 3. The molecule has 3 aromatic rings. The minimum atomic E-state index is -0.415. The van der Waals surface area contributed by atoms with Crippen molar-refractivity contribution in [3.63, 3.8) is 0 Å². The van der Waals surface area contributed by atoms with Crippen molar-refractivity contribution in [3.05, 3.63) is 71.4 Å². The molecule has 0 fully saturated rings. The summed E-state index contributed by atoms with van der Waals surface area (Å²) in [4.78, 5) is 38.4. The minimum absolute atomic E-state index is 0.252. The first-order valence-electron chi connectivity index (χ1n) is 9.71. The Labute approximate surface area is 174 Å². The van der Waals surface area contributed by atoms with E-state index < -0.39 is 11.9 Å². The highest BCUT2D eigenvalue weighted by Gasteiger charge is 2.10. The van der Waals surface area contributed by atoms with Gasteiger partial charge in [0.15, 0.2) is 6.61 Å². The van der Waals surface area contributed by atoms with E-state index in [1.807, 2.05) is 30.5 Å². The Balaban J connectivity index is 1.34. The highest BCUT2D eigenvalue weighted by Crippen LogP contribution is 2.19. The molecule has 30 heavy (non-hydrogen) atoms. The maximum atomic E-state index is 11.9. The van der Waals surface area contributed by atoms with Crippen molar-refractivity contribution in [2.75, 3.05) is 13.7 Å². The lowest BCUT2D eigenvalue weighted by molar-refractivity contribution is -0.148. The average molecular weight is 408 g/mol. The van der Waals surface area contributed by atoms with Crippen molar-refractivity contribution in [1.82, 2.24) is 10.3 Å². The number of esters is 2. The summed E-state index contributed by atoms with van der Waals surface area (Å²) < 4.78 is 9.68. The van der Waals surface area contributed by atoms with Crippen molar-refractivity contribution >= 4 is 28.7 Å². The summed E-state index contributed by atoms with van der Waals surface area (Å²) in [7, 11) is 1.32. The van der Waals surface area contributed by atoms with Gasteiger partial charge in [0.25, 0.3) is 5.91 Å². The third-order valence-electron chi connectivity index (χ3n) is 4.73. The van der Waals surface area contributed by atoms with Crippen LogP contribution in [-0.2, 0) is 32.0 Å². The van der Waals surface area contributed by atoms with Crippen LogP contribution in [0.5, 0.6) is 0 Å². The lowest BCUT2D eigenvalue weighted by Gasteiger charge is -2.07. The molecule has 1 aromatic heterocycles. The van der Waals surface area contributed by atoms with Crippen LogP contribution in [-0.4, -0.2) is 36.5 Å². The van der Waals surface area contributed by atoms with Gasteiger partial charge >= 0.3 is 11.9 Å². The topological polar surface area (TPSA) is 97.5 Å². The molecular weight excluding hydrogens is 384 g/mol. The molecule has 2 aromatic carbocycles. The summed E-state index contributed by atoms with van der Waals surface area (Å²) >= 11 is 0. The number of hydrogen-bond donors (Lipinski definition) is 2. The first-order valence-corrected chi connectivity index (χ1v) is 9.71. The van der Waals surface area contributed by atoms with Gasteiger partial charge in [-0.1, -0.05) is 30.3 Å². The van der Waals surface area contributed by atoms with Crippen LogP contribution >= 0.6 is 0 Å². The number of aromatic nitrogens is 1. The molecule has 0 aliphatic rings. The van der Waals surface area contributed by atoms with Crippen molar-refractivity contribution in [1.29, 1.82) is 0 Å². The quantitative estimate of drug-likeness (QED) is 0.530.